The van der Waals surface area contributed by atoms with Gasteiger partial charge in [-0.3, -0.25) is 14.7 Å². The minimum atomic E-state index is -0.321. The molecule has 7 nitrogen and oxygen atoms in total. The van der Waals surface area contributed by atoms with E-state index in [0.717, 1.165) is 25.2 Å². The molecule has 2 heterocycles. The van der Waals surface area contributed by atoms with E-state index >= 15 is 0 Å². The quantitative estimate of drug-likeness (QED) is 0.539. The molecule has 1 aromatic rings. The van der Waals surface area contributed by atoms with E-state index in [9.17, 15) is 4.79 Å². The molecule has 0 spiro atoms. The van der Waals surface area contributed by atoms with Crippen molar-refractivity contribution in [2.45, 2.75) is 31.7 Å². The van der Waals surface area contributed by atoms with Crippen LogP contribution in [0, 0.1) is 0 Å². The van der Waals surface area contributed by atoms with Crippen LogP contribution in [0.15, 0.2) is 35.3 Å². The molecule has 1 aromatic carbocycles. The van der Waals surface area contributed by atoms with Crippen molar-refractivity contribution in [1.82, 2.24) is 15.1 Å². The number of nitrogens with two attached hydrogens (primary N) is 1. The van der Waals surface area contributed by atoms with Crippen LogP contribution in [0.3, 0.4) is 0 Å². The minimum absolute atomic E-state index is 0.0963. The topological polar surface area (TPSA) is 83.2 Å². The number of morpholine rings is 1. The number of nitrogens with one attached hydrogen (secondary N) is 1. The molecule has 2 aliphatic rings. The first kappa shape index (κ1) is 20.6. The van der Waals surface area contributed by atoms with Gasteiger partial charge in [0, 0.05) is 25.7 Å². The van der Waals surface area contributed by atoms with Gasteiger partial charge in [0.1, 0.15) is 0 Å². The Kier molecular flexibility index (Phi) is 7.68. The molecule has 2 atom stereocenters. The van der Waals surface area contributed by atoms with Gasteiger partial charge in [0.25, 0.3) is 0 Å². The first-order valence-corrected chi connectivity index (χ1v) is 10.4. The van der Waals surface area contributed by atoms with Crippen molar-refractivity contribution in [3.05, 3.63) is 35.9 Å². The van der Waals surface area contributed by atoms with E-state index in [2.05, 4.69) is 22.1 Å². The first-order valence-electron chi connectivity index (χ1n) is 10.4. The van der Waals surface area contributed by atoms with Gasteiger partial charge in [0.05, 0.1) is 25.7 Å². The zero-order valence-corrected chi connectivity index (χ0v) is 16.8. The molecule has 0 saturated carbocycles. The Balaban J connectivity index is 1.61. The van der Waals surface area contributed by atoms with E-state index < -0.39 is 0 Å². The summed E-state index contributed by atoms with van der Waals surface area (Å²) in [5, 5.41) is 3.26. The molecule has 0 aromatic heterocycles. The van der Waals surface area contributed by atoms with Crippen LogP contribution >= 0.6 is 0 Å². The molecule has 0 radical (unpaired) electrons. The molecule has 28 heavy (non-hydrogen) atoms. The van der Waals surface area contributed by atoms with Gasteiger partial charge in [-0.25, -0.2) is 0 Å². The smallest absolute Gasteiger partial charge is 0.232 e. The highest BCUT2D eigenvalue weighted by molar-refractivity contribution is 5.85. The lowest BCUT2D eigenvalue weighted by Gasteiger charge is -2.30. The summed E-state index contributed by atoms with van der Waals surface area (Å²) >= 11 is 0. The van der Waals surface area contributed by atoms with Gasteiger partial charge >= 0.3 is 0 Å². The summed E-state index contributed by atoms with van der Waals surface area (Å²) in [4.78, 5) is 21.9. The summed E-state index contributed by atoms with van der Waals surface area (Å²) in [6.45, 7) is 8.01. The maximum absolute atomic E-state index is 13.1. The third-order valence-electron chi connectivity index (χ3n) is 5.69. The molecule has 7 heteroatoms. The molecule has 0 bridgehead atoms. The normalized spacial score (nSPS) is 22.2. The predicted octanol–water partition coefficient (Wildman–Crippen LogP) is 1.02. The Bertz CT molecular complexity index is 645. The van der Waals surface area contributed by atoms with E-state index in [1.54, 1.807) is 0 Å². The van der Waals surface area contributed by atoms with Crippen LogP contribution in [0.4, 0.5) is 0 Å². The number of likely N-dealkylation sites (tertiary alicyclic amines) is 1. The van der Waals surface area contributed by atoms with Crippen molar-refractivity contribution < 1.29 is 9.53 Å². The summed E-state index contributed by atoms with van der Waals surface area (Å²) in [6, 6.07) is 10.4. The van der Waals surface area contributed by atoms with Crippen molar-refractivity contribution in [1.29, 1.82) is 0 Å². The second kappa shape index (κ2) is 10.4. The highest BCUT2D eigenvalue weighted by Gasteiger charge is 2.27. The SMILES string of the molecule is CCN1CCCC1CNC(N)=NCC(C(=O)N1CCOCC1)c1ccccc1. The van der Waals surface area contributed by atoms with Crippen LogP contribution in [-0.2, 0) is 9.53 Å². The number of hydrogen-bond donors (Lipinski definition) is 2. The molecule has 2 fully saturated rings. The number of carbonyl (C=O) groups excluding carboxylic acids is 1. The molecule has 2 saturated heterocycles. The van der Waals surface area contributed by atoms with Gasteiger partial charge in [-0.1, -0.05) is 37.3 Å². The van der Waals surface area contributed by atoms with Crippen LogP contribution in [-0.4, -0.2) is 80.2 Å². The molecule has 1 amide bonds. The fourth-order valence-electron chi connectivity index (χ4n) is 4.03. The number of guanidine groups is 1. The maximum Gasteiger partial charge on any atom is 0.232 e. The zero-order valence-electron chi connectivity index (χ0n) is 16.8. The fraction of sp³-hybridized carbons (Fsp3) is 0.619. The number of ether oxygens (including phenoxy) is 1. The summed E-state index contributed by atoms with van der Waals surface area (Å²) in [6.07, 6.45) is 2.43. The molecular formula is C21H33N5O2. The predicted molar refractivity (Wildman–Crippen MR) is 111 cm³/mol. The van der Waals surface area contributed by atoms with Crippen molar-refractivity contribution in [2.75, 3.05) is 52.5 Å². The standard InChI is InChI=1S/C21H33N5O2/c1-2-25-10-6-9-18(25)15-23-21(22)24-16-19(17-7-4-3-5-8-17)20(27)26-11-13-28-14-12-26/h3-5,7-8,18-19H,2,6,9-16H2,1H3,(H3,22,23,24). The molecule has 3 N–H and O–H groups in total. The summed E-state index contributed by atoms with van der Waals surface area (Å²) in [7, 11) is 0. The van der Waals surface area contributed by atoms with Crippen LogP contribution < -0.4 is 11.1 Å². The van der Waals surface area contributed by atoms with Crippen molar-refractivity contribution in [2.24, 2.45) is 10.7 Å². The lowest BCUT2D eigenvalue weighted by atomic mass is 9.97. The Morgan fingerprint density at radius 1 is 1.29 bits per heavy atom. The van der Waals surface area contributed by atoms with Gasteiger partial charge in [-0.15, -0.1) is 0 Å². The molecular weight excluding hydrogens is 354 g/mol. The van der Waals surface area contributed by atoms with Crippen LogP contribution in [0.5, 0.6) is 0 Å². The Morgan fingerprint density at radius 3 is 2.75 bits per heavy atom. The number of likely N-dealkylation sites (N-methyl/N-ethyl adjacent to an activating group) is 1. The van der Waals surface area contributed by atoms with Crippen molar-refractivity contribution >= 4 is 11.9 Å². The average Bonchev–Trinajstić information content (AvgIpc) is 3.21. The molecule has 154 valence electrons. The van der Waals surface area contributed by atoms with Gasteiger partial charge in [0.2, 0.25) is 5.91 Å². The van der Waals surface area contributed by atoms with Crippen LogP contribution in [0.2, 0.25) is 0 Å². The average molecular weight is 388 g/mol. The summed E-state index contributed by atoms with van der Waals surface area (Å²) in [5.74, 6) is 0.191. The maximum atomic E-state index is 13.1. The van der Waals surface area contributed by atoms with Crippen molar-refractivity contribution in [3.8, 4) is 0 Å². The lowest BCUT2D eigenvalue weighted by molar-refractivity contribution is -0.136. The number of benzene rings is 1. The van der Waals surface area contributed by atoms with Gasteiger partial charge < -0.3 is 20.7 Å². The minimum Gasteiger partial charge on any atom is -0.378 e. The third kappa shape index (κ3) is 5.45. The van der Waals surface area contributed by atoms with Crippen LogP contribution in [0.25, 0.3) is 0 Å². The number of hydrogen-bond acceptors (Lipinski definition) is 4. The number of nitrogens with zero attached hydrogens (tertiary/aromatic N) is 3. The van der Waals surface area contributed by atoms with Crippen LogP contribution in [0.1, 0.15) is 31.2 Å². The van der Waals surface area contributed by atoms with E-state index in [1.807, 2.05) is 35.2 Å². The van der Waals surface area contributed by atoms with Gasteiger partial charge in [-0.05, 0) is 31.5 Å². The van der Waals surface area contributed by atoms with Crippen molar-refractivity contribution in [3.63, 3.8) is 0 Å². The molecule has 2 aliphatic heterocycles. The highest BCUT2D eigenvalue weighted by Crippen LogP contribution is 2.20. The first-order chi connectivity index (χ1) is 13.7. The Labute approximate surface area is 167 Å². The number of carbonyl (C=O) groups is 1. The second-order valence-corrected chi connectivity index (χ2v) is 7.43. The highest BCUT2D eigenvalue weighted by atomic mass is 16.5. The largest absolute Gasteiger partial charge is 0.378 e. The molecule has 3 rings (SSSR count). The third-order valence-corrected chi connectivity index (χ3v) is 5.69. The monoisotopic (exact) mass is 387 g/mol. The molecule has 0 aliphatic carbocycles. The van der Waals surface area contributed by atoms with Gasteiger partial charge in [-0.2, -0.15) is 0 Å². The van der Waals surface area contributed by atoms with E-state index in [4.69, 9.17) is 10.5 Å². The second-order valence-electron chi connectivity index (χ2n) is 7.43. The Morgan fingerprint density at radius 2 is 2.04 bits per heavy atom. The number of aliphatic imine (C=N–C) groups is 1. The summed E-state index contributed by atoms with van der Waals surface area (Å²) < 4.78 is 5.38. The summed E-state index contributed by atoms with van der Waals surface area (Å²) in [5.41, 5.74) is 7.09. The zero-order chi connectivity index (χ0) is 19.8. The lowest BCUT2D eigenvalue weighted by Crippen LogP contribution is -2.44. The fourth-order valence-corrected chi connectivity index (χ4v) is 4.03. The van der Waals surface area contributed by atoms with E-state index in [-0.39, 0.29) is 11.8 Å². The Hall–Kier alpha value is -2.12. The van der Waals surface area contributed by atoms with E-state index in [0.29, 0.717) is 44.8 Å². The van der Waals surface area contributed by atoms with E-state index in [1.165, 1.54) is 12.8 Å². The number of amides is 1. The number of rotatable bonds is 7. The molecule has 2 unspecified atom stereocenters. The van der Waals surface area contributed by atoms with Gasteiger partial charge in [0.15, 0.2) is 5.96 Å².